The van der Waals surface area contributed by atoms with Crippen LogP contribution < -0.4 is 0 Å². The third-order valence-electron chi connectivity index (χ3n) is 6.20. The van der Waals surface area contributed by atoms with Gasteiger partial charge in [0.25, 0.3) is 0 Å². The van der Waals surface area contributed by atoms with Gasteiger partial charge in [0.1, 0.15) is 0 Å². The Hall–Kier alpha value is -2.07. The summed E-state index contributed by atoms with van der Waals surface area (Å²) in [6.45, 7) is 5.80. The van der Waals surface area contributed by atoms with E-state index in [-0.39, 0.29) is 0 Å². The summed E-state index contributed by atoms with van der Waals surface area (Å²) >= 11 is 0. The van der Waals surface area contributed by atoms with Crippen molar-refractivity contribution in [1.82, 2.24) is 19.4 Å². The summed E-state index contributed by atoms with van der Waals surface area (Å²) in [6, 6.07) is 7.48. The highest BCUT2D eigenvalue weighted by Crippen LogP contribution is 2.45. The number of aromatic nitrogens is 3. The zero-order valence-electron chi connectivity index (χ0n) is 14.9. The van der Waals surface area contributed by atoms with Gasteiger partial charge in [-0.25, -0.2) is 4.98 Å². The van der Waals surface area contributed by atoms with E-state index in [0.717, 1.165) is 6.54 Å². The predicted molar refractivity (Wildman–Crippen MR) is 101 cm³/mol. The van der Waals surface area contributed by atoms with Crippen molar-refractivity contribution in [1.29, 1.82) is 0 Å². The second-order valence-electron chi connectivity index (χ2n) is 7.82. The molecule has 0 spiro atoms. The molecule has 3 heterocycles. The number of nitrogens with one attached hydrogen (secondary N) is 1. The molecule has 4 heteroatoms. The minimum atomic E-state index is 0.654. The minimum absolute atomic E-state index is 0.654. The minimum Gasteiger partial charge on any atom is -0.361 e. The van der Waals surface area contributed by atoms with Gasteiger partial charge >= 0.3 is 0 Å². The summed E-state index contributed by atoms with van der Waals surface area (Å²) in [4.78, 5) is 10.5. The Morgan fingerprint density at radius 3 is 3.12 bits per heavy atom. The first-order valence-corrected chi connectivity index (χ1v) is 9.62. The van der Waals surface area contributed by atoms with Gasteiger partial charge in [0, 0.05) is 54.5 Å². The fourth-order valence-corrected chi connectivity index (χ4v) is 5.27. The molecule has 1 saturated heterocycles. The van der Waals surface area contributed by atoms with E-state index in [1.165, 1.54) is 48.8 Å². The second kappa shape index (κ2) is 6.03. The van der Waals surface area contributed by atoms with Gasteiger partial charge in [-0.15, -0.1) is 0 Å². The maximum Gasteiger partial charge on any atom is 0.0946 e. The van der Waals surface area contributed by atoms with Crippen LogP contribution in [0.5, 0.6) is 0 Å². The number of piperidine rings is 1. The molecule has 1 fully saturated rings. The van der Waals surface area contributed by atoms with Crippen LogP contribution in [0, 0.1) is 5.92 Å². The average Bonchev–Trinajstić information content (AvgIpc) is 3.27. The van der Waals surface area contributed by atoms with E-state index in [1.54, 1.807) is 5.56 Å². The van der Waals surface area contributed by atoms with Crippen molar-refractivity contribution in [3.05, 3.63) is 54.2 Å². The van der Waals surface area contributed by atoms with E-state index in [9.17, 15) is 0 Å². The Morgan fingerprint density at radius 1 is 1.32 bits per heavy atom. The number of aromatic amines is 1. The molecule has 1 unspecified atom stereocenters. The molecular weight excluding hydrogens is 308 g/mol. The normalized spacial score (nSPS) is 26.0. The Balaban J connectivity index is 1.52. The van der Waals surface area contributed by atoms with Crippen LogP contribution in [0.1, 0.15) is 36.8 Å². The summed E-state index contributed by atoms with van der Waals surface area (Å²) in [5.74, 6) is 1.35. The molecule has 130 valence electrons. The summed E-state index contributed by atoms with van der Waals surface area (Å²) in [6.07, 6.45) is 11.9. The van der Waals surface area contributed by atoms with Crippen LogP contribution >= 0.6 is 0 Å². The fraction of sp³-hybridized carbons (Fsp3) is 0.476. The largest absolute Gasteiger partial charge is 0.361 e. The summed E-state index contributed by atoms with van der Waals surface area (Å²) in [5.41, 5.74) is 4.40. The highest BCUT2D eigenvalue weighted by atomic mass is 15.2. The molecule has 25 heavy (non-hydrogen) atoms. The lowest BCUT2D eigenvalue weighted by Gasteiger charge is -2.47. The summed E-state index contributed by atoms with van der Waals surface area (Å²) < 4.78 is 2.25. The Morgan fingerprint density at radius 2 is 2.28 bits per heavy atom. The van der Waals surface area contributed by atoms with Gasteiger partial charge in [-0.1, -0.05) is 19.1 Å². The zero-order valence-corrected chi connectivity index (χ0v) is 14.9. The molecule has 3 atom stereocenters. The third-order valence-corrected chi connectivity index (χ3v) is 6.20. The predicted octanol–water partition coefficient (Wildman–Crippen LogP) is 3.80. The van der Waals surface area contributed by atoms with Crippen LogP contribution in [-0.4, -0.2) is 38.6 Å². The quantitative estimate of drug-likeness (QED) is 0.788. The van der Waals surface area contributed by atoms with Gasteiger partial charge < -0.3 is 9.55 Å². The van der Waals surface area contributed by atoms with E-state index in [0.29, 0.717) is 17.9 Å². The number of H-pyrrole nitrogens is 1. The average molecular weight is 334 g/mol. The van der Waals surface area contributed by atoms with Crippen LogP contribution in [0.2, 0.25) is 0 Å². The van der Waals surface area contributed by atoms with Crippen molar-refractivity contribution in [2.45, 2.75) is 44.7 Å². The molecule has 2 aromatic heterocycles. The molecular formula is C21H26N4. The Labute approximate surface area is 148 Å². The molecule has 0 bridgehead atoms. The summed E-state index contributed by atoms with van der Waals surface area (Å²) in [5, 5.41) is 1.50. The van der Waals surface area contributed by atoms with Gasteiger partial charge in [-0.05, 0) is 48.9 Å². The smallest absolute Gasteiger partial charge is 0.0946 e. The van der Waals surface area contributed by atoms with Crippen LogP contribution in [-0.2, 0) is 13.0 Å². The highest BCUT2D eigenvalue weighted by Gasteiger charge is 2.40. The molecule has 1 aliphatic carbocycles. The van der Waals surface area contributed by atoms with E-state index < -0.39 is 0 Å². The van der Waals surface area contributed by atoms with Gasteiger partial charge in [0.15, 0.2) is 0 Å². The topological polar surface area (TPSA) is 36.9 Å². The number of hydrogen-bond acceptors (Lipinski definition) is 2. The molecule has 4 nitrogen and oxygen atoms in total. The number of hydrogen-bond donors (Lipinski definition) is 1. The van der Waals surface area contributed by atoms with Gasteiger partial charge in [-0.2, -0.15) is 0 Å². The summed E-state index contributed by atoms with van der Waals surface area (Å²) in [7, 11) is 0. The lowest BCUT2D eigenvalue weighted by Crippen LogP contribution is -2.50. The van der Waals surface area contributed by atoms with Gasteiger partial charge in [0.05, 0.1) is 6.33 Å². The lowest BCUT2D eigenvalue weighted by atomic mass is 9.72. The first-order valence-electron chi connectivity index (χ1n) is 9.62. The van der Waals surface area contributed by atoms with Crippen molar-refractivity contribution in [2.75, 3.05) is 13.1 Å². The molecule has 3 aromatic rings. The second-order valence-corrected chi connectivity index (χ2v) is 7.82. The standard InChI is InChI=1S/C21H26N4/c1-2-7-25-13-15(12-24-8-6-22-14-24)9-18-17-4-3-5-19-21(17)16(11-23-19)10-20(18)25/h3-6,8,11,14-15,18,20,23H,2,7,9-10,12-13H2,1H3/t15-,18?,20+/m0/s1. The maximum atomic E-state index is 4.22. The van der Waals surface area contributed by atoms with Crippen molar-refractivity contribution in [3.63, 3.8) is 0 Å². The van der Waals surface area contributed by atoms with Crippen LogP contribution in [0.25, 0.3) is 10.9 Å². The number of nitrogens with zero attached hydrogens (tertiary/aromatic N) is 3. The number of fused-ring (bicyclic) bond motifs is 2. The van der Waals surface area contributed by atoms with Gasteiger partial charge in [0.2, 0.25) is 0 Å². The Bertz CT molecular complexity index is 863. The monoisotopic (exact) mass is 334 g/mol. The molecule has 2 aliphatic rings. The number of likely N-dealkylation sites (tertiary alicyclic amines) is 1. The number of benzene rings is 1. The molecule has 5 rings (SSSR count). The zero-order chi connectivity index (χ0) is 16.8. The van der Waals surface area contributed by atoms with Crippen molar-refractivity contribution in [3.8, 4) is 0 Å². The molecule has 1 N–H and O–H groups in total. The first-order chi connectivity index (χ1) is 12.3. The van der Waals surface area contributed by atoms with Crippen molar-refractivity contribution < 1.29 is 0 Å². The van der Waals surface area contributed by atoms with E-state index in [1.807, 2.05) is 12.5 Å². The molecule has 0 radical (unpaired) electrons. The molecule has 1 aliphatic heterocycles. The number of rotatable bonds is 4. The van der Waals surface area contributed by atoms with Crippen molar-refractivity contribution >= 4 is 10.9 Å². The number of imidazole rings is 1. The molecule has 0 amide bonds. The van der Waals surface area contributed by atoms with Gasteiger partial charge in [-0.3, -0.25) is 4.90 Å². The first kappa shape index (κ1) is 15.2. The van der Waals surface area contributed by atoms with Crippen LogP contribution in [0.3, 0.4) is 0 Å². The third kappa shape index (κ3) is 2.51. The van der Waals surface area contributed by atoms with E-state index in [2.05, 4.69) is 57.0 Å². The van der Waals surface area contributed by atoms with E-state index in [4.69, 9.17) is 0 Å². The van der Waals surface area contributed by atoms with Crippen LogP contribution in [0.4, 0.5) is 0 Å². The molecule has 0 saturated carbocycles. The van der Waals surface area contributed by atoms with Crippen LogP contribution in [0.15, 0.2) is 43.1 Å². The van der Waals surface area contributed by atoms with E-state index >= 15 is 0 Å². The highest BCUT2D eigenvalue weighted by molar-refractivity contribution is 5.88. The lowest BCUT2D eigenvalue weighted by molar-refractivity contribution is 0.0777. The maximum absolute atomic E-state index is 4.22. The van der Waals surface area contributed by atoms with Crippen molar-refractivity contribution in [2.24, 2.45) is 5.92 Å². The fourth-order valence-electron chi connectivity index (χ4n) is 5.27. The Kier molecular flexibility index (Phi) is 3.66. The molecule has 1 aromatic carbocycles. The SMILES string of the molecule is CCCN1C[C@H](Cn2ccnc2)CC2c3cccc4[nH]cc(c34)C[C@H]21.